The number of hydrazine groups is 1. The highest BCUT2D eigenvalue weighted by Gasteiger charge is 2.19. The second-order valence-electron chi connectivity index (χ2n) is 3.97. The number of nitrogens with zero attached hydrogens (tertiary/aromatic N) is 3. The molecule has 0 saturated carbocycles. The van der Waals surface area contributed by atoms with Crippen LogP contribution in [0.15, 0.2) is 6.20 Å². The van der Waals surface area contributed by atoms with Gasteiger partial charge in [0.05, 0.1) is 12.7 Å². The van der Waals surface area contributed by atoms with Crippen molar-refractivity contribution in [2.75, 3.05) is 30.0 Å². The van der Waals surface area contributed by atoms with Crippen molar-refractivity contribution in [3.05, 3.63) is 11.8 Å². The van der Waals surface area contributed by atoms with Crippen LogP contribution >= 0.6 is 0 Å². The van der Waals surface area contributed by atoms with Gasteiger partial charge in [-0.15, -0.1) is 0 Å². The monoisotopic (exact) mass is 223 g/mol. The molecule has 0 amide bonds. The molecule has 6 heteroatoms. The minimum Gasteiger partial charge on any atom is -0.375 e. The van der Waals surface area contributed by atoms with Gasteiger partial charge in [0.2, 0.25) is 5.95 Å². The lowest BCUT2D eigenvalue weighted by atomic mass is 10.2. The molecule has 1 aromatic heterocycles. The van der Waals surface area contributed by atoms with Crippen molar-refractivity contribution < 1.29 is 4.74 Å². The number of ether oxygens (including phenoxy) is 1. The molecule has 6 nitrogen and oxygen atoms in total. The highest BCUT2D eigenvalue weighted by Crippen LogP contribution is 2.20. The van der Waals surface area contributed by atoms with Crippen LogP contribution in [0.5, 0.6) is 0 Å². The van der Waals surface area contributed by atoms with Crippen molar-refractivity contribution in [2.24, 2.45) is 5.84 Å². The van der Waals surface area contributed by atoms with E-state index in [9.17, 15) is 0 Å². The molecule has 0 aromatic carbocycles. The second-order valence-corrected chi connectivity index (χ2v) is 3.97. The number of morpholine rings is 1. The fourth-order valence-corrected chi connectivity index (χ4v) is 1.83. The van der Waals surface area contributed by atoms with Gasteiger partial charge < -0.3 is 9.64 Å². The van der Waals surface area contributed by atoms with E-state index in [1.165, 1.54) is 0 Å². The van der Waals surface area contributed by atoms with Crippen LogP contribution in [0.25, 0.3) is 0 Å². The zero-order chi connectivity index (χ0) is 11.5. The van der Waals surface area contributed by atoms with Crippen LogP contribution in [0.4, 0.5) is 11.8 Å². The van der Waals surface area contributed by atoms with Gasteiger partial charge in [-0.05, 0) is 13.8 Å². The van der Waals surface area contributed by atoms with Crippen LogP contribution in [-0.4, -0.2) is 35.8 Å². The summed E-state index contributed by atoms with van der Waals surface area (Å²) >= 11 is 0. The van der Waals surface area contributed by atoms with Crippen molar-refractivity contribution in [1.29, 1.82) is 0 Å². The fourth-order valence-electron chi connectivity index (χ4n) is 1.83. The van der Waals surface area contributed by atoms with Crippen LogP contribution < -0.4 is 16.2 Å². The third-order valence-corrected chi connectivity index (χ3v) is 2.61. The highest BCUT2D eigenvalue weighted by atomic mass is 16.5. The lowest BCUT2D eigenvalue weighted by molar-refractivity contribution is 0.0529. The molecule has 2 heterocycles. The summed E-state index contributed by atoms with van der Waals surface area (Å²) in [5.74, 6) is 6.68. The molecule has 1 saturated heterocycles. The van der Waals surface area contributed by atoms with Gasteiger partial charge in [0.15, 0.2) is 0 Å². The van der Waals surface area contributed by atoms with E-state index in [2.05, 4.69) is 27.2 Å². The number of nitrogens with two attached hydrogens (primary N) is 1. The van der Waals surface area contributed by atoms with E-state index in [-0.39, 0.29) is 6.10 Å². The molecule has 0 spiro atoms. The number of aryl methyl sites for hydroxylation is 1. The maximum Gasteiger partial charge on any atom is 0.239 e. The van der Waals surface area contributed by atoms with Gasteiger partial charge in [-0.2, -0.15) is 4.98 Å². The van der Waals surface area contributed by atoms with Crippen LogP contribution in [0.1, 0.15) is 12.5 Å². The quantitative estimate of drug-likeness (QED) is 0.554. The van der Waals surface area contributed by atoms with E-state index in [0.717, 1.165) is 31.1 Å². The Balaban J connectivity index is 2.24. The Kier molecular flexibility index (Phi) is 3.21. The third-order valence-electron chi connectivity index (χ3n) is 2.61. The number of rotatable bonds is 2. The predicted molar refractivity (Wildman–Crippen MR) is 62.2 cm³/mol. The van der Waals surface area contributed by atoms with Gasteiger partial charge in [-0.3, -0.25) is 5.43 Å². The van der Waals surface area contributed by atoms with Gasteiger partial charge in [0.25, 0.3) is 0 Å². The molecular formula is C10H17N5O. The first kappa shape index (κ1) is 11.1. The molecule has 0 bridgehead atoms. The Morgan fingerprint density at radius 3 is 3.12 bits per heavy atom. The Morgan fingerprint density at radius 2 is 2.44 bits per heavy atom. The van der Waals surface area contributed by atoms with E-state index in [0.29, 0.717) is 5.95 Å². The molecule has 2 rings (SSSR count). The SMILES string of the molecule is Cc1cnc(NN)nc1N1CCOC(C)C1. The summed E-state index contributed by atoms with van der Waals surface area (Å²) in [6.45, 7) is 6.49. The van der Waals surface area contributed by atoms with Crippen molar-refractivity contribution in [3.8, 4) is 0 Å². The highest BCUT2D eigenvalue weighted by molar-refractivity contribution is 5.49. The summed E-state index contributed by atoms with van der Waals surface area (Å²) in [7, 11) is 0. The molecule has 1 atom stereocenters. The molecule has 88 valence electrons. The predicted octanol–water partition coefficient (Wildman–Crippen LogP) is 0.296. The van der Waals surface area contributed by atoms with Crippen LogP contribution in [0.2, 0.25) is 0 Å². The second kappa shape index (κ2) is 4.63. The number of nitrogens with one attached hydrogen (secondary N) is 1. The minimum atomic E-state index is 0.234. The van der Waals surface area contributed by atoms with Gasteiger partial charge in [0, 0.05) is 24.8 Å². The number of nitrogen functional groups attached to an aromatic ring is 1. The van der Waals surface area contributed by atoms with Gasteiger partial charge in [0.1, 0.15) is 5.82 Å². The third kappa shape index (κ3) is 2.23. The smallest absolute Gasteiger partial charge is 0.239 e. The number of hydrogen-bond acceptors (Lipinski definition) is 6. The van der Waals surface area contributed by atoms with Crippen molar-refractivity contribution in [2.45, 2.75) is 20.0 Å². The standard InChI is InChI=1S/C10H17N5O/c1-7-5-12-10(14-11)13-9(7)15-3-4-16-8(2)6-15/h5,8H,3-4,6,11H2,1-2H3,(H,12,13,14). The molecular weight excluding hydrogens is 206 g/mol. The summed E-state index contributed by atoms with van der Waals surface area (Å²) in [5, 5.41) is 0. The lowest BCUT2D eigenvalue weighted by Gasteiger charge is -2.32. The average molecular weight is 223 g/mol. The van der Waals surface area contributed by atoms with Gasteiger partial charge in [-0.25, -0.2) is 10.8 Å². The van der Waals surface area contributed by atoms with Gasteiger partial charge >= 0.3 is 0 Å². The first-order valence-electron chi connectivity index (χ1n) is 5.37. The Morgan fingerprint density at radius 1 is 1.62 bits per heavy atom. The Labute approximate surface area is 94.8 Å². The molecule has 0 aliphatic carbocycles. The fraction of sp³-hybridized carbons (Fsp3) is 0.600. The molecule has 1 unspecified atom stereocenters. The van der Waals surface area contributed by atoms with Gasteiger partial charge in [-0.1, -0.05) is 0 Å². The zero-order valence-electron chi connectivity index (χ0n) is 9.60. The summed E-state index contributed by atoms with van der Waals surface area (Å²) in [4.78, 5) is 10.6. The maximum atomic E-state index is 5.50. The average Bonchev–Trinajstić information content (AvgIpc) is 2.30. The topological polar surface area (TPSA) is 76.3 Å². The molecule has 1 aliphatic rings. The first-order chi connectivity index (χ1) is 7.70. The molecule has 1 aromatic rings. The van der Waals surface area contributed by atoms with E-state index < -0.39 is 0 Å². The summed E-state index contributed by atoms with van der Waals surface area (Å²) in [5.41, 5.74) is 3.51. The molecule has 0 radical (unpaired) electrons. The summed E-state index contributed by atoms with van der Waals surface area (Å²) < 4.78 is 5.50. The zero-order valence-corrected chi connectivity index (χ0v) is 9.60. The summed E-state index contributed by atoms with van der Waals surface area (Å²) in [6, 6.07) is 0. The van der Waals surface area contributed by atoms with Crippen LogP contribution in [0, 0.1) is 6.92 Å². The molecule has 1 aliphatic heterocycles. The lowest BCUT2D eigenvalue weighted by Crippen LogP contribution is -2.42. The molecule has 1 fully saturated rings. The van der Waals surface area contributed by atoms with E-state index >= 15 is 0 Å². The van der Waals surface area contributed by atoms with E-state index in [1.807, 2.05) is 6.92 Å². The largest absolute Gasteiger partial charge is 0.375 e. The Hall–Kier alpha value is -1.40. The van der Waals surface area contributed by atoms with Crippen LogP contribution in [0.3, 0.4) is 0 Å². The first-order valence-corrected chi connectivity index (χ1v) is 5.37. The summed E-state index contributed by atoms with van der Waals surface area (Å²) in [6.07, 6.45) is 2.01. The van der Waals surface area contributed by atoms with Crippen molar-refractivity contribution in [3.63, 3.8) is 0 Å². The van der Waals surface area contributed by atoms with E-state index in [1.54, 1.807) is 6.20 Å². The molecule has 16 heavy (non-hydrogen) atoms. The maximum absolute atomic E-state index is 5.50. The Bertz CT molecular complexity index is 370. The minimum absolute atomic E-state index is 0.234. The number of anilines is 2. The molecule has 3 N–H and O–H groups in total. The van der Waals surface area contributed by atoms with Crippen molar-refractivity contribution >= 4 is 11.8 Å². The normalized spacial score (nSPS) is 20.9. The number of aromatic nitrogens is 2. The number of hydrogen-bond donors (Lipinski definition) is 2. The van der Waals surface area contributed by atoms with Crippen LogP contribution in [-0.2, 0) is 4.74 Å². The van der Waals surface area contributed by atoms with E-state index in [4.69, 9.17) is 10.6 Å². The van der Waals surface area contributed by atoms with Crippen molar-refractivity contribution in [1.82, 2.24) is 9.97 Å².